The fourth-order valence-corrected chi connectivity index (χ4v) is 2.23. The van der Waals surface area contributed by atoms with Crippen molar-refractivity contribution in [3.05, 3.63) is 17.6 Å². The summed E-state index contributed by atoms with van der Waals surface area (Å²) in [6.45, 7) is 5.34. The molecular formula is C12H18N4OS. The number of rotatable bonds is 7. The highest BCUT2D eigenvalue weighted by Gasteiger charge is 2.14. The lowest BCUT2D eigenvalue weighted by molar-refractivity contribution is 0.354. The van der Waals surface area contributed by atoms with Gasteiger partial charge in [0.2, 0.25) is 11.7 Å². The minimum Gasteiger partial charge on any atom is -0.339 e. The highest BCUT2D eigenvalue weighted by atomic mass is 32.1. The molecular weight excluding hydrogens is 248 g/mol. The maximum Gasteiger partial charge on any atom is 0.228 e. The number of nitrogens with zero attached hydrogens (tertiary/aromatic N) is 3. The highest BCUT2D eigenvalue weighted by molar-refractivity contribution is 7.13. The van der Waals surface area contributed by atoms with Gasteiger partial charge in [-0.1, -0.05) is 19.0 Å². The van der Waals surface area contributed by atoms with E-state index in [1.54, 1.807) is 11.7 Å². The van der Waals surface area contributed by atoms with Crippen molar-refractivity contribution in [2.24, 2.45) is 0 Å². The Morgan fingerprint density at radius 2 is 2.33 bits per heavy atom. The molecule has 2 rings (SSSR count). The van der Waals surface area contributed by atoms with Crippen LogP contribution in [0.25, 0.3) is 10.7 Å². The SMILES string of the molecule is CCCNC(CC)Cc1nc(-c2cncs2)no1. The quantitative estimate of drug-likeness (QED) is 0.834. The van der Waals surface area contributed by atoms with E-state index in [-0.39, 0.29) is 0 Å². The van der Waals surface area contributed by atoms with Gasteiger partial charge in [-0.25, -0.2) is 0 Å². The molecule has 5 nitrogen and oxygen atoms in total. The predicted molar refractivity (Wildman–Crippen MR) is 71.5 cm³/mol. The van der Waals surface area contributed by atoms with Crippen molar-refractivity contribution < 1.29 is 4.52 Å². The summed E-state index contributed by atoms with van der Waals surface area (Å²) >= 11 is 1.52. The van der Waals surface area contributed by atoms with E-state index in [9.17, 15) is 0 Å². The van der Waals surface area contributed by atoms with Crippen LogP contribution < -0.4 is 5.32 Å². The van der Waals surface area contributed by atoms with Gasteiger partial charge in [0.15, 0.2) is 0 Å². The second-order valence-electron chi connectivity index (χ2n) is 4.14. The molecule has 1 atom stereocenters. The molecule has 6 heteroatoms. The van der Waals surface area contributed by atoms with E-state index in [1.807, 2.05) is 0 Å². The molecule has 0 fully saturated rings. The summed E-state index contributed by atoms with van der Waals surface area (Å²) in [5, 5.41) is 7.46. The zero-order chi connectivity index (χ0) is 12.8. The van der Waals surface area contributed by atoms with Gasteiger partial charge < -0.3 is 9.84 Å². The Kier molecular flexibility index (Phi) is 4.83. The van der Waals surface area contributed by atoms with E-state index < -0.39 is 0 Å². The number of hydrogen-bond acceptors (Lipinski definition) is 6. The van der Waals surface area contributed by atoms with Crippen LogP contribution in [0.15, 0.2) is 16.2 Å². The highest BCUT2D eigenvalue weighted by Crippen LogP contribution is 2.20. The Morgan fingerprint density at radius 3 is 3.00 bits per heavy atom. The molecule has 1 N–H and O–H groups in total. The van der Waals surface area contributed by atoms with E-state index in [0.717, 1.165) is 30.7 Å². The molecule has 98 valence electrons. The first-order valence-corrected chi connectivity index (χ1v) is 7.16. The molecule has 18 heavy (non-hydrogen) atoms. The van der Waals surface area contributed by atoms with Crippen LogP contribution in [0, 0.1) is 0 Å². The molecule has 0 bridgehead atoms. The minimum absolute atomic E-state index is 0.403. The molecule has 0 aliphatic carbocycles. The van der Waals surface area contributed by atoms with Crippen molar-refractivity contribution in [1.82, 2.24) is 20.4 Å². The van der Waals surface area contributed by atoms with Crippen LogP contribution in [0.1, 0.15) is 32.6 Å². The number of nitrogens with one attached hydrogen (secondary N) is 1. The summed E-state index contributed by atoms with van der Waals surface area (Å²) in [5.41, 5.74) is 1.77. The van der Waals surface area contributed by atoms with E-state index in [0.29, 0.717) is 17.8 Å². The number of aromatic nitrogens is 3. The Morgan fingerprint density at radius 1 is 1.44 bits per heavy atom. The summed E-state index contributed by atoms with van der Waals surface area (Å²) < 4.78 is 5.28. The third-order valence-corrected chi connectivity index (χ3v) is 3.49. The lowest BCUT2D eigenvalue weighted by Gasteiger charge is -2.13. The van der Waals surface area contributed by atoms with E-state index in [1.165, 1.54) is 11.3 Å². The lowest BCUT2D eigenvalue weighted by Crippen LogP contribution is -2.31. The summed E-state index contributed by atoms with van der Waals surface area (Å²) in [4.78, 5) is 9.36. The van der Waals surface area contributed by atoms with Crippen LogP contribution in [0.2, 0.25) is 0 Å². The van der Waals surface area contributed by atoms with Gasteiger partial charge in [0.25, 0.3) is 0 Å². The zero-order valence-corrected chi connectivity index (χ0v) is 11.5. The van der Waals surface area contributed by atoms with Gasteiger partial charge in [0.1, 0.15) is 0 Å². The summed E-state index contributed by atoms with van der Waals surface area (Å²) in [7, 11) is 0. The molecule has 1 unspecified atom stereocenters. The Bertz CT molecular complexity index is 454. The fraction of sp³-hybridized carbons (Fsp3) is 0.583. The van der Waals surface area contributed by atoms with Gasteiger partial charge in [-0.3, -0.25) is 4.98 Å². The van der Waals surface area contributed by atoms with Crippen molar-refractivity contribution in [2.75, 3.05) is 6.54 Å². The van der Waals surface area contributed by atoms with E-state index >= 15 is 0 Å². The van der Waals surface area contributed by atoms with Crippen LogP contribution in [-0.4, -0.2) is 27.7 Å². The van der Waals surface area contributed by atoms with E-state index in [4.69, 9.17) is 4.52 Å². The Labute approximate surface area is 111 Å². The molecule has 0 aliphatic heterocycles. The average molecular weight is 266 g/mol. The molecule has 0 spiro atoms. The summed E-state index contributed by atoms with van der Waals surface area (Å²) in [6.07, 6.45) is 4.72. The summed E-state index contributed by atoms with van der Waals surface area (Å²) in [5.74, 6) is 1.33. The van der Waals surface area contributed by atoms with Gasteiger partial charge >= 0.3 is 0 Å². The number of thiazole rings is 1. The van der Waals surface area contributed by atoms with Crippen molar-refractivity contribution in [3.63, 3.8) is 0 Å². The lowest BCUT2D eigenvalue weighted by atomic mass is 10.1. The van der Waals surface area contributed by atoms with Crippen molar-refractivity contribution in [1.29, 1.82) is 0 Å². The van der Waals surface area contributed by atoms with Gasteiger partial charge in [-0.2, -0.15) is 4.98 Å². The fourth-order valence-electron chi connectivity index (χ4n) is 1.68. The standard InChI is InChI=1S/C12H18N4OS/c1-3-5-14-9(4-2)6-11-15-12(16-17-11)10-7-13-8-18-10/h7-9,14H,3-6H2,1-2H3. The third kappa shape index (κ3) is 3.36. The minimum atomic E-state index is 0.403. The normalized spacial score (nSPS) is 12.8. The molecule has 2 heterocycles. The molecule has 2 aromatic heterocycles. The summed E-state index contributed by atoms with van der Waals surface area (Å²) in [6, 6.07) is 0.403. The zero-order valence-electron chi connectivity index (χ0n) is 10.7. The smallest absolute Gasteiger partial charge is 0.228 e. The number of hydrogen-bond donors (Lipinski definition) is 1. The first-order valence-electron chi connectivity index (χ1n) is 6.28. The first-order chi connectivity index (χ1) is 8.83. The van der Waals surface area contributed by atoms with Crippen molar-refractivity contribution in [2.45, 2.75) is 39.2 Å². The van der Waals surface area contributed by atoms with Crippen LogP contribution in [0.4, 0.5) is 0 Å². The molecule has 0 saturated carbocycles. The van der Waals surface area contributed by atoms with Crippen LogP contribution in [0.5, 0.6) is 0 Å². The second kappa shape index (κ2) is 6.61. The third-order valence-electron chi connectivity index (χ3n) is 2.72. The average Bonchev–Trinajstić information content (AvgIpc) is 3.04. The monoisotopic (exact) mass is 266 g/mol. The molecule has 2 aromatic rings. The molecule has 0 saturated heterocycles. The Hall–Kier alpha value is -1.27. The topological polar surface area (TPSA) is 63.8 Å². The maximum atomic E-state index is 5.28. The van der Waals surface area contributed by atoms with E-state index in [2.05, 4.69) is 34.3 Å². The van der Waals surface area contributed by atoms with Gasteiger partial charge in [0, 0.05) is 18.7 Å². The Balaban J connectivity index is 1.97. The molecule has 0 aliphatic rings. The molecule has 0 aromatic carbocycles. The predicted octanol–water partition coefficient (Wildman–Crippen LogP) is 2.51. The first kappa shape index (κ1) is 13.2. The molecule has 0 radical (unpaired) electrons. The van der Waals surface area contributed by atoms with Crippen LogP contribution in [-0.2, 0) is 6.42 Å². The largest absolute Gasteiger partial charge is 0.339 e. The maximum absolute atomic E-state index is 5.28. The van der Waals surface area contributed by atoms with Crippen molar-refractivity contribution >= 4 is 11.3 Å². The second-order valence-corrected chi connectivity index (χ2v) is 5.03. The van der Waals surface area contributed by atoms with Gasteiger partial charge in [0.05, 0.1) is 10.4 Å². The van der Waals surface area contributed by atoms with Crippen molar-refractivity contribution in [3.8, 4) is 10.7 Å². The molecule has 0 amide bonds. The van der Waals surface area contributed by atoms with Gasteiger partial charge in [-0.15, -0.1) is 11.3 Å². The van der Waals surface area contributed by atoms with Crippen LogP contribution >= 0.6 is 11.3 Å². The van der Waals surface area contributed by atoms with Crippen LogP contribution in [0.3, 0.4) is 0 Å². The van der Waals surface area contributed by atoms with Gasteiger partial charge in [-0.05, 0) is 19.4 Å².